The smallest absolute Gasteiger partial charge is 0.417 e. The van der Waals surface area contributed by atoms with Crippen molar-refractivity contribution in [3.05, 3.63) is 57.6 Å². The van der Waals surface area contributed by atoms with Crippen molar-refractivity contribution in [2.75, 3.05) is 13.2 Å². The normalized spacial score (nSPS) is 15.5. The molecule has 1 N–H and O–H groups in total. The minimum atomic E-state index is -0.669. The number of carbonyl (C=O) groups excluding carboxylic acids is 4. The van der Waals surface area contributed by atoms with Crippen LogP contribution in [0.2, 0.25) is 10.0 Å². The molecule has 10 nitrogen and oxygen atoms in total. The fraction of sp³-hybridized carbons (Fsp3) is 0.692. The Morgan fingerprint density at radius 2 is 0.954 bits per heavy atom. The predicted molar refractivity (Wildman–Crippen MR) is 265 cm³/mol. The van der Waals surface area contributed by atoms with Crippen molar-refractivity contribution in [1.82, 2.24) is 10.2 Å². The molecule has 2 aliphatic heterocycles. The van der Waals surface area contributed by atoms with Gasteiger partial charge in [0, 0.05) is 21.2 Å². The minimum absolute atomic E-state index is 0.119. The fourth-order valence-electron chi connectivity index (χ4n) is 7.51. The Bertz CT molecular complexity index is 1630. The number of nitrogens with one attached hydrogen (secondary N) is 1. The van der Waals surface area contributed by atoms with E-state index in [1.807, 2.05) is 38.1 Å². The summed E-state index contributed by atoms with van der Waals surface area (Å²) in [6, 6.07) is 11.0. The third-order valence-electron chi connectivity index (χ3n) is 11.4. The van der Waals surface area contributed by atoms with Crippen LogP contribution in [0.3, 0.4) is 0 Å². The lowest BCUT2D eigenvalue weighted by atomic mass is 10.1. The number of hydrogen-bond acceptors (Lipinski definition) is 8. The summed E-state index contributed by atoms with van der Waals surface area (Å²) in [5, 5.41) is 3.34. The molecule has 2 aliphatic rings. The number of cyclic esters (lactones) is 2. The van der Waals surface area contributed by atoms with E-state index < -0.39 is 24.4 Å². The number of amides is 4. The van der Waals surface area contributed by atoms with Gasteiger partial charge in [0.25, 0.3) is 11.8 Å². The van der Waals surface area contributed by atoms with Crippen LogP contribution in [0, 0.1) is 0 Å². The summed E-state index contributed by atoms with van der Waals surface area (Å²) in [5.41, 5.74) is 1.70. The minimum Gasteiger partial charge on any atom is -0.493 e. The van der Waals surface area contributed by atoms with Gasteiger partial charge in [0.05, 0.1) is 25.6 Å². The summed E-state index contributed by atoms with van der Waals surface area (Å²) in [6.07, 6.45) is 28.6. The molecule has 13 heteroatoms. The van der Waals surface area contributed by atoms with Crippen molar-refractivity contribution in [3.8, 4) is 11.5 Å². The number of imide groups is 2. The SMILES string of the molecule is CCCCC1OC(=O)NC1=O.CCCCCCCCCCCCOc1ccc(Cl)cc1CCl.CCCCCCCCCCCCOc1ccc(Cl)cc1CN1C(=O)OC(CCCC)C1=O. The molecule has 0 aliphatic carbocycles. The van der Waals surface area contributed by atoms with Crippen molar-refractivity contribution < 1.29 is 38.1 Å². The van der Waals surface area contributed by atoms with Crippen molar-refractivity contribution in [2.24, 2.45) is 0 Å². The first-order chi connectivity index (χ1) is 31.6. The molecule has 0 saturated carbocycles. The lowest BCUT2D eigenvalue weighted by Crippen LogP contribution is -2.31. The average molecular weight is 969 g/mol. The Kier molecular flexibility index (Phi) is 32.8. The largest absolute Gasteiger partial charge is 0.493 e. The van der Waals surface area contributed by atoms with Gasteiger partial charge < -0.3 is 18.9 Å². The van der Waals surface area contributed by atoms with Crippen LogP contribution < -0.4 is 14.8 Å². The van der Waals surface area contributed by atoms with Crippen LogP contribution in [0.4, 0.5) is 9.59 Å². The van der Waals surface area contributed by atoms with E-state index in [0.29, 0.717) is 41.1 Å². The van der Waals surface area contributed by atoms with Gasteiger partial charge in [0.15, 0.2) is 12.2 Å². The Labute approximate surface area is 406 Å². The summed E-state index contributed by atoms with van der Waals surface area (Å²) in [4.78, 5) is 47.3. The molecule has 2 atom stereocenters. The molecule has 2 fully saturated rings. The summed E-state index contributed by atoms with van der Waals surface area (Å²) in [7, 11) is 0. The van der Waals surface area contributed by atoms with Gasteiger partial charge in [0.1, 0.15) is 11.5 Å². The van der Waals surface area contributed by atoms with Crippen LogP contribution in [-0.2, 0) is 31.5 Å². The van der Waals surface area contributed by atoms with Gasteiger partial charge in [-0.2, -0.15) is 0 Å². The topological polar surface area (TPSA) is 120 Å². The van der Waals surface area contributed by atoms with Crippen LogP contribution >= 0.6 is 34.8 Å². The van der Waals surface area contributed by atoms with Gasteiger partial charge in [0.2, 0.25) is 0 Å². The molecule has 0 spiro atoms. The quantitative estimate of drug-likeness (QED) is 0.0555. The first-order valence-electron chi connectivity index (χ1n) is 25.0. The van der Waals surface area contributed by atoms with Gasteiger partial charge in [-0.1, -0.05) is 179 Å². The van der Waals surface area contributed by atoms with Crippen molar-refractivity contribution in [3.63, 3.8) is 0 Å². The van der Waals surface area contributed by atoms with E-state index in [2.05, 4.69) is 23.9 Å². The van der Waals surface area contributed by atoms with Crippen LogP contribution in [0.25, 0.3) is 0 Å². The highest BCUT2D eigenvalue weighted by Crippen LogP contribution is 2.29. The maximum atomic E-state index is 12.6. The maximum absolute atomic E-state index is 12.6. The zero-order chi connectivity index (χ0) is 47.5. The van der Waals surface area contributed by atoms with E-state index in [4.69, 9.17) is 49.0 Å². The number of alkyl carbamates (subject to hydrolysis) is 1. The molecule has 2 unspecified atom stereocenters. The average Bonchev–Trinajstić information content (AvgIpc) is 3.77. The first kappa shape index (κ1) is 57.9. The summed E-state index contributed by atoms with van der Waals surface area (Å²) < 4.78 is 21.7. The van der Waals surface area contributed by atoms with E-state index in [1.54, 1.807) is 12.1 Å². The Balaban J connectivity index is 0.000000377. The highest BCUT2D eigenvalue weighted by molar-refractivity contribution is 6.31. The van der Waals surface area contributed by atoms with Crippen molar-refractivity contribution in [2.45, 2.75) is 219 Å². The third-order valence-corrected chi connectivity index (χ3v) is 12.2. The maximum Gasteiger partial charge on any atom is 0.417 e. The van der Waals surface area contributed by atoms with Crippen molar-refractivity contribution >= 4 is 58.8 Å². The molecular weight excluding hydrogens is 887 g/mol. The van der Waals surface area contributed by atoms with E-state index in [9.17, 15) is 19.2 Å². The number of nitrogens with zero attached hydrogens (tertiary/aromatic N) is 1. The molecule has 0 radical (unpaired) electrons. The molecule has 4 amide bonds. The molecule has 2 aromatic rings. The van der Waals surface area contributed by atoms with Gasteiger partial charge >= 0.3 is 12.2 Å². The summed E-state index contributed by atoms with van der Waals surface area (Å²) in [6.45, 7) is 10.1. The first-order valence-corrected chi connectivity index (χ1v) is 26.3. The lowest BCUT2D eigenvalue weighted by molar-refractivity contribution is -0.130. The molecule has 0 bridgehead atoms. The fourth-order valence-corrected chi connectivity index (χ4v) is 8.10. The molecule has 65 heavy (non-hydrogen) atoms. The molecule has 4 rings (SSSR count). The zero-order valence-electron chi connectivity index (χ0n) is 40.2. The van der Waals surface area contributed by atoms with Gasteiger partial charge in [-0.3, -0.25) is 14.9 Å². The number of ether oxygens (including phenoxy) is 4. The van der Waals surface area contributed by atoms with Gasteiger partial charge in [-0.05, 0) is 74.9 Å². The number of alkyl halides is 1. The Morgan fingerprint density at radius 1 is 0.538 bits per heavy atom. The number of hydrogen-bond donors (Lipinski definition) is 1. The second-order valence-electron chi connectivity index (χ2n) is 17.2. The van der Waals surface area contributed by atoms with Crippen LogP contribution in [0.15, 0.2) is 36.4 Å². The molecule has 2 saturated heterocycles. The highest BCUT2D eigenvalue weighted by Gasteiger charge is 2.40. The molecule has 368 valence electrons. The molecular formula is C52H81Cl3N2O8. The number of unbranched alkanes of at least 4 members (excludes halogenated alkanes) is 20. The summed E-state index contributed by atoms with van der Waals surface area (Å²) in [5.74, 6) is 1.40. The van der Waals surface area contributed by atoms with Crippen molar-refractivity contribution in [1.29, 1.82) is 0 Å². The van der Waals surface area contributed by atoms with Gasteiger partial charge in [-0.25, -0.2) is 14.5 Å². The van der Waals surface area contributed by atoms with E-state index in [-0.39, 0.29) is 18.4 Å². The number of halogens is 3. The van der Waals surface area contributed by atoms with Gasteiger partial charge in [-0.15, -0.1) is 11.6 Å². The third kappa shape index (κ3) is 25.5. The Hall–Kier alpha value is -3.21. The number of carbonyl (C=O) groups is 4. The standard InChI is InChI=1S/C26H40ClNO4.C19H30Cl2O.C7H11NO3/c1-3-5-7-8-9-10-11-12-13-14-18-31-23-17-16-22(27)19-21(23)20-28-25(29)24(15-6-4-2)32-26(28)30;1-2-3-4-5-6-7-8-9-10-11-14-22-19-13-12-18(21)15-17(19)16-20;1-2-3-4-5-6(9)8-7(10)11-5/h16-17,19,24H,3-15,18,20H2,1-2H3;12-13,15H,2-11,14,16H2,1H3;5H,2-4H2,1H3,(H,8,9,10). The van der Waals surface area contributed by atoms with E-state index in [0.717, 1.165) is 68.4 Å². The number of rotatable bonds is 33. The second-order valence-corrected chi connectivity index (χ2v) is 18.3. The monoisotopic (exact) mass is 967 g/mol. The van der Waals surface area contributed by atoms with Crippen LogP contribution in [0.1, 0.15) is 206 Å². The van der Waals surface area contributed by atoms with E-state index >= 15 is 0 Å². The number of benzene rings is 2. The van der Waals surface area contributed by atoms with Crippen LogP contribution in [-0.4, -0.2) is 54.3 Å². The summed E-state index contributed by atoms with van der Waals surface area (Å²) >= 11 is 18.0. The van der Waals surface area contributed by atoms with Crippen LogP contribution in [0.5, 0.6) is 11.5 Å². The Morgan fingerprint density at radius 3 is 1.38 bits per heavy atom. The zero-order valence-corrected chi connectivity index (χ0v) is 42.4. The molecule has 0 aromatic heterocycles. The molecule has 2 aromatic carbocycles. The highest BCUT2D eigenvalue weighted by atomic mass is 35.5. The molecule has 2 heterocycles. The predicted octanol–water partition coefficient (Wildman–Crippen LogP) is 15.9. The lowest BCUT2D eigenvalue weighted by Gasteiger charge is -2.16. The second kappa shape index (κ2) is 36.9. The van der Waals surface area contributed by atoms with E-state index in [1.165, 1.54) is 114 Å².